The van der Waals surface area contributed by atoms with Gasteiger partial charge in [0.2, 0.25) is 0 Å². The molecule has 1 aliphatic heterocycles. The van der Waals surface area contributed by atoms with Crippen molar-refractivity contribution in [2.24, 2.45) is 5.73 Å². The Kier molecular flexibility index (Phi) is 4.43. The van der Waals surface area contributed by atoms with Crippen LogP contribution in [0.1, 0.15) is 18.9 Å². The first kappa shape index (κ1) is 14.6. The second kappa shape index (κ2) is 5.46. The van der Waals surface area contributed by atoms with Crippen LogP contribution in [0.5, 0.6) is 11.5 Å². The van der Waals surface area contributed by atoms with E-state index < -0.39 is 11.5 Å². The molecular formula is C12H16ClNO4. The van der Waals surface area contributed by atoms with E-state index in [1.54, 1.807) is 18.2 Å². The number of hydrogen-bond donors (Lipinski definition) is 2. The maximum absolute atomic E-state index is 11.1. The van der Waals surface area contributed by atoms with E-state index in [0.717, 1.165) is 6.42 Å². The van der Waals surface area contributed by atoms with Gasteiger partial charge in [-0.3, -0.25) is 0 Å². The number of carboxylic acid groups (broad SMARTS) is 1. The molecule has 0 saturated heterocycles. The van der Waals surface area contributed by atoms with E-state index in [0.29, 0.717) is 30.3 Å². The third-order valence-electron chi connectivity index (χ3n) is 2.79. The lowest BCUT2D eigenvalue weighted by Gasteiger charge is -2.20. The molecule has 3 N–H and O–H groups in total. The summed E-state index contributed by atoms with van der Waals surface area (Å²) in [6.45, 7) is 2.62. The standard InChI is InChI=1S/C12H15NO4.ClH/c1-12(13,11(14)15)8-3-4-9-10(7-8)17-6-2-5-16-9;/h3-4,7H,2,5-6,13H2,1H3,(H,14,15);1H. The van der Waals surface area contributed by atoms with E-state index in [4.69, 9.17) is 20.3 Å². The highest BCUT2D eigenvalue weighted by Gasteiger charge is 2.31. The molecule has 5 nitrogen and oxygen atoms in total. The van der Waals surface area contributed by atoms with Crippen LogP contribution in [-0.4, -0.2) is 24.3 Å². The van der Waals surface area contributed by atoms with E-state index in [1.807, 2.05) is 0 Å². The van der Waals surface area contributed by atoms with Crippen LogP contribution < -0.4 is 15.2 Å². The van der Waals surface area contributed by atoms with E-state index in [9.17, 15) is 4.79 Å². The monoisotopic (exact) mass is 273 g/mol. The summed E-state index contributed by atoms with van der Waals surface area (Å²) in [6, 6.07) is 4.99. The number of fused-ring (bicyclic) bond motifs is 1. The van der Waals surface area contributed by atoms with Crippen molar-refractivity contribution in [1.29, 1.82) is 0 Å². The number of carboxylic acids is 1. The van der Waals surface area contributed by atoms with Gasteiger partial charge in [-0.1, -0.05) is 6.07 Å². The lowest BCUT2D eigenvalue weighted by molar-refractivity contribution is -0.143. The highest BCUT2D eigenvalue weighted by molar-refractivity contribution is 5.85. The lowest BCUT2D eigenvalue weighted by atomic mass is 9.93. The molecule has 100 valence electrons. The average molecular weight is 274 g/mol. The summed E-state index contributed by atoms with van der Waals surface area (Å²) in [4.78, 5) is 11.1. The molecular weight excluding hydrogens is 258 g/mol. The van der Waals surface area contributed by atoms with E-state index >= 15 is 0 Å². The third-order valence-corrected chi connectivity index (χ3v) is 2.79. The normalized spacial score (nSPS) is 17.0. The molecule has 1 unspecified atom stereocenters. The Bertz CT molecular complexity index is 448. The van der Waals surface area contributed by atoms with Crippen LogP contribution >= 0.6 is 12.4 Å². The third kappa shape index (κ3) is 2.68. The van der Waals surface area contributed by atoms with Crippen molar-refractivity contribution >= 4 is 18.4 Å². The summed E-state index contributed by atoms with van der Waals surface area (Å²) in [6.07, 6.45) is 0.808. The van der Waals surface area contributed by atoms with Crippen LogP contribution in [0, 0.1) is 0 Å². The number of ether oxygens (including phenoxy) is 2. The molecule has 0 fully saturated rings. The summed E-state index contributed by atoms with van der Waals surface area (Å²) in [7, 11) is 0. The number of nitrogens with two attached hydrogens (primary N) is 1. The fraction of sp³-hybridized carbons (Fsp3) is 0.417. The zero-order valence-electron chi connectivity index (χ0n) is 10.0. The molecule has 6 heteroatoms. The second-order valence-electron chi connectivity index (χ2n) is 4.22. The van der Waals surface area contributed by atoms with Crippen molar-refractivity contribution in [3.05, 3.63) is 23.8 Å². The molecule has 0 aromatic heterocycles. The van der Waals surface area contributed by atoms with Crippen LogP contribution in [0.2, 0.25) is 0 Å². The molecule has 0 bridgehead atoms. The smallest absolute Gasteiger partial charge is 0.328 e. The molecule has 0 aliphatic carbocycles. The van der Waals surface area contributed by atoms with Gasteiger partial charge in [0.15, 0.2) is 11.5 Å². The van der Waals surface area contributed by atoms with Crippen molar-refractivity contribution in [2.75, 3.05) is 13.2 Å². The predicted molar refractivity (Wildman–Crippen MR) is 68.5 cm³/mol. The van der Waals surface area contributed by atoms with Gasteiger partial charge in [0.1, 0.15) is 5.54 Å². The highest BCUT2D eigenvalue weighted by atomic mass is 35.5. The molecule has 1 aromatic rings. The van der Waals surface area contributed by atoms with Crippen molar-refractivity contribution in [2.45, 2.75) is 18.9 Å². The van der Waals surface area contributed by atoms with Crippen molar-refractivity contribution in [3.63, 3.8) is 0 Å². The minimum Gasteiger partial charge on any atom is -0.490 e. The topological polar surface area (TPSA) is 81.8 Å². The Morgan fingerprint density at radius 1 is 1.33 bits per heavy atom. The number of halogens is 1. The quantitative estimate of drug-likeness (QED) is 0.854. The van der Waals surface area contributed by atoms with Crippen LogP contribution in [0.4, 0.5) is 0 Å². The fourth-order valence-corrected chi connectivity index (χ4v) is 1.61. The van der Waals surface area contributed by atoms with Gasteiger partial charge in [0.05, 0.1) is 13.2 Å². The molecule has 0 radical (unpaired) electrons. The van der Waals surface area contributed by atoms with Gasteiger partial charge in [-0.05, 0) is 24.6 Å². The second-order valence-corrected chi connectivity index (χ2v) is 4.22. The summed E-state index contributed by atoms with van der Waals surface area (Å²) < 4.78 is 11.0. The van der Waals surface area contributed by atoms with Gasteiger partial charge in [0, 0.05) is 6.42 Å². The molecule has 0 saturated carbocycles. The summed E-state index contributed by atoms with van der Waals surface area (Å²) >= 11 is 0. The minimum absolute atomic E-state index is 0. The van der Waals surface area contributed by atoms with Crippen molar-refractivity contribution in [1.82, 2.24) is 0 Å². The van der Waals surface area contributed by atoms with Gasteiger partial charge in [-0.25, -0.2) is 4.79 Å². The molecule has 2 rings (SSSR count). The number of aliphatic carboxylic acids is 1. The van der Waals surface area contributed by atoms with Gasteiger partial charge in [-0.2, -0.15) is 0 Å². The van der Waals surface area contributed by atoms with Gasteiger partial charge in [-0.15, -0.1) is 12.4 Å². The maximum atomic E-state index is 11.1. The summed E-state index contributed by atoms with van der Waals surface area (Å²) in [5.74, 6) is 0.109. The lowest BCUT2D eigenvalue weighted by Crippen LogP contribution is -2.41. The average Bonchev–Trinajstić information content (AvgIpc) is 2.52. The fourth-order valence-electron chi connectivity index (χ4n) is 1.61. The Morgan fingerprint density at radius 3 is 2.56 bits per heavy atom. The highest BCUT2D eigenvalue weighted by Crippen LogP contribution is 2.33. The largest absolute Gasteiger partial charge is 0.490 e. The minimum atomic E-state index is -1.43. The number of benzene rings is 1. The van der Waals surface area contributed by atoms with Crippen LogP contribution in [0.25, 0.3) is 0 Å². The Balaban J connectivity index is 0.00000162. The number of hydrogen-bond acceptors (Lipinski definition) is 4. The van der Waals surface area contributed by atoms with E-state index in [2.05, 4.69) is 0 Å². The molecule has 1 aromatic carbocycles. The van der Waals surface area contributed by atoms with Gasteiger partial charge in [0.25, 0.3) is 0 Å². The SMILES string of the molecule is CC(N)(C(=O)O)c1ccc2c(c1)OCCCO2.Cl. The van der Waals surface area contributed by atoms with Gasteiger partial charge < -0.3 is 20.3 Å². The molecule has 1 heterocycles. The van der Waals surface area contributed by atoms with Crippen LogP contribution in [-0.2, 0) is 10.3 Å². The first-order valence-electron chi connectivity index (χ1n) is 5.44. The molecule has 0 amide bonds. The zero-order valence-corrected chi connectivity index (χ0v) is 10.8. The molecule has 0 spiro atoms. The van der Waals surface area contributed by atoms with Crippen molar-refractivity contribution < 1.29 is 19.4 Å². The number of carbonyl (C=O) groups is 1. The summed E-state index contributed by atoms with van der Waals surface area (Å²) in [5, 5.41) is 9.06. The predicted octanol–water partition coefficient (Wildman–Crippen LogP) is 1.53. The molecule has 18 heavy (non-hydrogen) atoms. The Hall–Kier alpha value is -1.46. The maximum Gasteiger partial charge on any atom is 0.328 e. The Morgan fingerprint density at radius 2 is 1.94 bits per heavy atom. The molecule has 1 aliphatic rings. The van der Waals surface area contributed by atoms with Gasteiger partial charge >= 0.3 is 5.97 Å². The van der Waals surface area contributed by atoms with Crippen LogP contribution in [0.3, 0.4) is 0 Å². The van der Waals surface area contributed by atoms with Crippen molar-refractivity contribution in [3.8, 4) is 11.5 Å². The Labute approximate surface area is 111 Å². The first-order chi connectivity index (χ1) is 8.01. The zero-order chi connectivity index (χ0) is 12.5. The number of rotatable bonds is 2. The molecule has 1 atom stereocenters. The van der Waals surface area contributed by atoms with E-state index in [1.165, 1.54) is 6.92 Å². The van der Waals surface area contributed by atoms with E-state index in [-0.39, 0.29) is 12.4 Å². The first-order valence-corrected chi connectivity index (χ1v) is 5.44. The summed E-state index contributed by atoms with van der Waals surface area (Å²) in [5.41, 5.74) is 4.83. The van der Waals surface area contributed by atoms with Crippen LogP contribution in [0.15, 0.2) is 18.2 Å².